The zero-order valence-electron chi connectivity index (χ0n) is 11.7. The predicted molar refractivity (Wildman–Crippen MR) is 77.4 cm³/mol. The van der Waals surface area contributed by atoms with Gasteiger partial charge in [0, 0.05) is 12.6 Å². The van der Waals surface area contributed by atoms with Crippen molar-refractivity contribution in [3.05, 3.63) is 29.8 Å². The van der Waals surface area contributed by atoms with E-state index < -0.39 is 10.0 Å². The first kappa shape index (κ1) is 16.6. The summed E-state index contributed by atoms with van der Waals surface area (Å²) in [6.45, 7) is 4.55. The zero-order chi connectivity index (χ0) is 15.2. The summed E-state index contributed by atoms with van der Waals surface area (Å²) >= 11 is 0. The van der Waals surface area contributed by atoms with Crippen LogP contribution in [0.4, 0.5) is 0 Å². The van der Waals surface area contributed by atoms with Gasteiger partial charge in [0.1, 0.15) is 0 Å². The van der Waals surface area contributed by atoms with Gasteiger partial charge in [-0.25, -0.2) is 13.6 Å². The average Bonchev–Trinajstić information content (AvgIpc) is 2.41. The Morgan fingerprint density at radius 3 is 2.70 bits per heavy atom. The number of rotatable bonds is 7. The summed E-state index contributed by atoms with van der Waals surface area (Å²) in [7, 11) is -3.71. The van der Waals surface area contributed by atoms with Crippen molar-refractivity contribution in [1.29, 1.82) is 0 Å². The second-order valence-corrected chi connectivity index (χ2v) is 6.22. The van der Waals surface area contributed by atoms with Crippen molar-refractivity contribution >= 4 is 15.9 Å². The molecule has 1 rings (SSSR count). The van der Waals surface area contributed by atoms with Crippen LogP contribution >= 0.6 is 0 Å². The third kappa shape index (κ3) is 5.68. The van der Waals surface area contributed by atoms with Crippen LogP contribution < -0.4 is 15.8 Å². The van der Waals surface area contributed by atoms with E-state index in [2.05, 4.69) is 10.6 Å². The molecule has 0 bridgehead atoms. The Labute approximate surface area is 119 Å². The van der Waals surface area contributed by atoms with E-state index >= 15 is 0 Å². The fourth-order valence-electron chi connectivity index (χ4n) is 1.51. The highest BCUT2D eigenvalue weighted by Crippen LogP contribution is 2.09. The molecule has 0 aliphatic heterocycles. The molecule has 0 spiro atoms. The molecule has 1 atom stereocenters. The molecular formula is C13H21N3O3S. The molecule has 112 valence electrons. The Morgan fingerprint density at radius 1 is 1.40 bits per heavy atom. The van der Waals surface area contributed by atoms with Crippen molar-refractivity contribution in [3.63, 3.8) is 0 Å². The molecule has 0 aliphatic rings. The maximum absolute atomic E-state index is 11.6. The van der Waals surface area contributed by atoms with Crippen molar-refractivity contribution in [2.24, 2.45) is 5.14 Å². The first-order valence-electron chi connectivity index (χ1n) is 6.44. The Hall–Kier alpha value is -1.44. The van der Waals surface area contributed by atoms with Crippen LogP contribution in [0.2, 0.25) is 0 Å². The first-order chi connectivity index (χ1) is 9.32. The molecule has 0 aromatic heterocycles. The minimum absolute atomic E-state index is 0.0435. The molecule has 1 amide bonds. The number of nitrogens with two attached hydrogens (primary N) is 1. The summed E-state index contributed by atoms with van der Waals surface area (Å²) in [5.41, 5.74) is 0.688. The summed E-state index contributed by atoms with van der Waals surface area (Å²) in [6, 6.07) is 6.49. The van der Waals surface area contributed by atoms with Gasteiger partial charge in [-0.1, -0.05) is 19.1 Å². The van der Waals surface area contributed by atoms with E-state index in [1.165, 1.54) is 12.1 Å². The van der Waals surface area contributed by atoms with Crippen molar-refractivity contribution < 1.29 is 13.2 Å². The van der Waals surface area contributed by atoms with Crippen LogP contribution in [0.25, 0.3) is 0 Å². The van der Waals surface area contributed by atoms with Gasteiger partial charge in [0.25, 0.3) is 0 Å². The Morgan fingerprint density at radius 2 is 2.10 bits per heavy atom. The first-order valence-corrected chi connectivity index (χ1v) is 7.99. The van der Waals surface area contributed by atoms with Gasteiger partial charge < -0.3 is 10.6 Å². The molecule has 6 nitrogen and oxygen atoms in total. The number of carbonyl (C=O) groups excluding carboxylic acids is 1. The van der Waals surface area contributed by atoms with Gasteiger partial charge in [-0.2, -0.15) is 0 Å². The van der Waals surface area contributed by atoms with Gasteiger partial charge in [0.2, 0.25) is 15.9 Å². The van der Waals surface area contributed by atoms with Gasteiger partial charge in [-0.3, -0.25) is 4.79 Å². The van der Waals surface area contributed by atoms with E-state index in [0.717, 1.165) is 6.42 Å². The van der Waals surface area contributed by atoms with Crippen LogP contribution in [0, 0.1) is 0 Å². The summed E-state index contributed by atoms with van der Waals surface area (Å²) < 4.78 is 22.4. The summed E-state index contributed by atoms with van der Waals surface area (Å²) in [5.74, 6) is -0.133. The minimum Gasteiger partial charge on any atom is -0.351 e. The van der Waals surface area contributed by atoms with Crippen molar-refractivity contribution in [3.8, 4) is 0 Å². The SMILES string of the molecule is CCC(C)NCC(=O)NCc1cccc(S(N)(=O)=O)c1. The molecule has 7 heteroatoms. The standard InChI is InChI=1S/C13H21N3O3S/c1-3-10(2)15-9-13(17)16-8-11-5-4-6-12(7-11)20(14,18)19/h4-7,10,15H,3,8-9H2,1-2H3,(H,16,17)(H2,14,18,19). The van der Waals surface area contributed by atoms with Crippen LogP contribution in [0.3, 0.4) is 0 Å². The topological polar surface area (TPSA) is 101 Å². The lowest BCUT2D eigenvalue weighted by atomic mass is 10.2. The molecule has 0 radical (unpaired) electrons. The number of primary sulfonamides is 1. The summed E-state index contributed by atoms with van der Waals surface area (Å²) in [5, 5.41) is 10.8. The van der Waals surface area contributed by atoms with E-state index in [1.807, 2.05) is 13.8 Å². The Bertz CT molecular complexity index is 558. The number of hydrogen-bond donors (Lipinski definition) is 3. The largest absolute Gasteiger partial charge is 0.351 e. The Kier molecular flexibility index (Phi) is 6.12. The highest BCUT2D eigenvalue weighted by molar-refractivity contribution is 7.89. The molecule has 1 unspecified atom stereocenters. The molecule has 4 N–H and O–H groups in total. The second-order valence-electron chi connectivity index (χ2n) is 4.66. The number of carbonyl (C=O) groups is 1. The van der Waals surface area contributed by atoms with E-state index in [-0.39, 0.29) is 29.9 Å². The lowest BCUT2D eigenvalue weighted by Crippen LogP contribution is -2.37. The zero-order valence-corrected chi connectivity index (χ0v) is 12.5. The molecule has 0 saturated carbocycles. The van der Waals surface area contributed by atoms with Gasteiger partial charge in [0.05, 0.1) is 11.4 Å². The van der Waals surface area contributed by atoms with Gasteiger partial charge in [-0.05, 0) is 31.0 Å². The lowest BCUT2D eigenvalue weighted by Gasteiger charge is -2.11. The van der Waals surface area contributed by atoms with Crippen molar-refractivity contribution in [1.82, 2.24) is 10.6 Å². The molecule has 0 aliphatic carbocycles. The van der Waals surface area contributed by atoms with E-state index in [1.54, 1.807) is 12.1 Å². The van der Waals surface area contributed by atoms with Crippen molar-refractivity contribution in [2.45, 2.75) is 37.8 Å². The highest BCUT2D eigenvalue weighted by Gasteiger charge is 2.08. The number of sulfonamides is 1. The number of nitrogens with one attached hydrogen (secondary N) is 2. The molecule has 0 fully saturated rings. The third-order valence-electron chi connectivity index (χ3n) is 2.94. The van der Waals surface area contributed by atoms with Gasteiger partial charge >= 0.3 is 0 Å². The smallest absolute Gasteiger partial charge is 0.238 e. The summed E-state index contributed by atoms with van der Waals surface area (Å²) in [6.07, 6.45) is 0.948. The van der Waals surface area contributed by atoms with E-state index in [0.29, 0.717) is 5.56 Å². The van der Waals surface area contributed by atoms with Crippen LogP contribution in [-0.2, 0) is 21.4 Å². The maximum Gasteiger partial charge on any atom is 0.238 e. The molecule has 1 aromatic carbocycles. The maximum atomic E-state index is 11.6. The van der Waals surface area contributed by atoms with Crippen LogP contribution in [0.1, 0.15) is 25.8 Å². The van der Waals surface area contributed by atoms with Gasteiger partial charge in [0.15, 0.2) is 0 Å². The number of amides is 1. The molecule has 20 heavy (non-hydrogen) atoms. The molecule has 1 aromatic rings. The number of benzene rings is 1. The van der Waals surface area contributed by atoms with E-state index in [4.69, 9.17) is 5.14 Å². The highest BCUT2D eigenvalue weighted by atomic mass is 32.2. The van der Waals surface area contributed by atoms with Crippen LogP contribution in [-0.4, -0.2) is 26.9 Å². The molecule has 0 heterocycles. The average molecular weight is 299 g/mol. The van der Waals surface area contributed by atoms with Crippen LogP contribution in [0.5, 0.6) is 0 Å². The normalized spacial score (nSPS) is 12.9. The monoisotopic (exact) mass is 299 g/mol. The second kappa shape index (κ2) is 7.37. The van der Waals surface area contributed by atoms with Crippen molar-refractivity contribution in [2.75, 3.05) is 6.54 Å². The fraction of sp³-hybridized carbons (Fsp3) is 0.462. The summed E-state index contributed by atoms with van der Waals surface area (Å²) in [4.78, 5) is 11.6. The fourth-order valence-corrected chi connectivity index (χ4v) is 2.09. The third-order valence-corrected chi connectivity index (χ3v) is 3.85. The van der Waals surface area contributed by atoms with Crippen LogP contribution in [0.15, 0.2) is 29.2 Å². The molecule has 0 saturated heterocycles. The quantitative estimate of drug-likeness (QED) is 0.675. The Balaban J connectivity index is 2.52. The number of hydrogen-bond acceptors (Lipinski definition) is 4. The lowest BCUT2D eigenvalue weighted by molar-refractivity contribution is -0.120. The van der Waals surface area contributed by atoms with E-state index in [9.17, 15) is 13.2 Å². The van der Waals surface area contributed by atoms with Gasteiger partial charge in [-0.15, -0.1) is 0 Å². The predicted octanol–water partition coefficient (Wildman–Crippen LogP) is 0.338. The molecular weight excluding hydrogens is 278 g/mol. The minimum atomic E-state index is -3.71.